The van der Waals surface area contributed by atoms with E-state index in [-0.39, 0.29) is 5.91 Å². The Hall–Kier alpha value is -3.58. The molecule has 7 heteroatoms. The second-order valence-electron chi connectivity index (χ2n) is 6.16. The van der Waals surface area contributed by atoms with E-state index in [1.807, 2.05) is 48.5 Å². The average molecular weight is 446 g/mol. The van der Waals surface area contributed by atoms with E-state index in [4.69, 9.17) is 0 Å². The fraction of sp³-hybridized carbons (Fsp3) is 0. The van der Waals surface area contributed by atoms with Crippen LogP contribution in [0.25, 0.3) is 11.1 Å². The first kappa shape index (κ1) is 18.8. The molecule has 3 heterocycles. The zero-order valence-electron chi connectivity index (χ0n) is 15.2. The lowest BCUT2D eigenvalue weighted by Crippen LogP contribution is -2.13. The van der Waals surface area contributed by atoms with Gasteiger partial charge in [0.05, 0.1) is 11.9 Å². The molecular formula is C22H16BrN5O. The zero-order chi connectivity index (χ0) is 20.1. The third-order valence-corrected chi connectivity index (χ3v) is 4.63. The molecule has 0 fully saturated rings. The maximum Gasteiger partial charge on any atom is 0.255 e. The average Bonchev–Trinajstić information content (AvgIpc) is 2.76. The van der Waals surface area contributed by atoms with Crippen LogP contribution in [-0.2, 0) is 0 Å². The van der Waals surface area contributed by atoms with Gasteiger partial charge in [-0.1, -0.05) is 30.3 Å². The summed E-state index contributed by atoms with van der Waals surface area (Å²) < 4.78 is 0.884. The van der Waals surface area contributed by atoms with Gasteiger partial charge in [0, 0.05) is 34.2 Å². The van der Waals surface area contributed by atoms with Gasteiger partial charge < -0.3 is 10.6 Å². The number of nitrogens with one attached hydrogen (secondary N) is 2. The van der Waals surface area contributed by atoms with Gasteiger partial charge in [-0.2, -0.15) is 0 Å². The zero-order valence-corrected chi connectivity index (χ0v) is 16.8. The molecule has 0 aliphatic rings. The number of carbonyl (C=O) groups excluding carboxylic acids is 1. The lowest BCUT2D eigenvalue weighted by Gasteiger charge is -2.11. The van der Waals surface area contributed by atoms with E-state index in [1.165, 1.54) is 0 Å². The number of amides is 1. The first-order valence-electron chi connectivity index (χ1n) is 8.84. The lowest BCUT2D eigenvalue weighted by molar-refractivity contribution is 0.102. The molecule has 0 atom stereocenters. The van der Waals surface area contributed by atoms with E-state index in [0.29, 0.717) is 22.9 Å². The van der Waals surface area contributed by atoms with Gasteiger partial charge in [0.1, 0.15) is 11.6 Å². The van der Waals surface area contributed by atoms with Crippen LogP contribution < -0.4 is 10.6 Å². The Bertz CT molecular complexity index is 1130. The molecule has 6 nitrogen and oxygen atoms in total. The van der Waals surface area contributed by atoms with Crippen molar-refractivity contribution < 1.29 is 4.79 Å². The molecule has 29 heavy (non-hydrogen) atoms. The Balaban J connectivity index is 1.55. The van der Waals surface area contributed by atoms with Gasteiger partial charge >= 0.3 is 0 Å². The first-order valence-corrected chi connectivity index (χ1v) is 9.64. The van der Waals surface area contributed by atoms with Gasteiger partial charge in [0.25, 0.3) is 5.91 Å². The second kappa shape index (κ2) is 8.62. The van der Waals surface area contributed by atoms with E-state index in [9.17, 15) is 4.79 Å². The van der Waals surface area contributed by atoms with Crippen LogP contribution >= 0.6 is 15.9 Å². The van der Waals surface area contributed by atoms with Crippen molar-refractivity contribution in [2.24, 2.45) is 0 Å². The fourth-order valence-electron chi connectivity index (χ4n) is 2.78. The highest BCUT2D eigenvalue weighted by atomic mass is 79.9. The van der Waals surface area contributed by atoms with Gasteiger partial charge in [-0.3, -0.25) is 9.78 Å². The Morgan fingerprint density at radius 3 is 2.52 bits per heavy atom. The maximum absolute atomic E-state index is 12.8. The largest absolute Gasteiger partial charge is 0.325 e. The molecule has 142 valence electrons. The standard InChI is InChI=1S/C22H16BrN5O/c23-17-6-7-20(26-13-17)28-21-12-16(8-11-25-21)22(29)27-19-14-24-10-9-18(19)15-4-2-1-3-5-15/h1-14H,(H,27,29)(H,25,26,28). The summed E-state index contributed by atoms with van der Waals surface area (Å²) in [5, 5.41) is 6.04. The molecule has 1 aromatic carbocycles. The van der Waals surface area contributed by atoms with Crippen molar-refractivity contribution in [1.29, 1.82) is 0 Å². The molecule has 0 unspecified atom stereocenters. The number of carbonyl (C=O) groups is 1. The molecule has 0 radical (unpaired) electrons. The van der Waals surface area contributed by atoms with Crippen LogP contribution in [0, 0.1) is 0 Å². The predicted molar refractivity (Wildman–Crippen MR) is 117 cm³/mol. The molecular weight excluding hydrogens is 430 g/mol. The minimum atomic E-state index is -0.246. The highest BCUT2D eigenvalue weighted by molar-refractivity contribution is 9.10. The number of benzene rings is 1. The van der Waals surface area contributed by atoms with Crippen molar-refractivity contribution in [2.45, 2.75) is 0 Å². The number of aromatic nitrogens is 3. The fourth-order valence-corrected chi connectivity index (χ4v) is 3.01. The molecule has 0 saturated heterocycles. The molecule has 0 spiro atoms. The molecule has 0 saturated carbocycles. The third-order valence-electron chi connectivity index (χ3n) is 4.16. The third kappa shape index (κ3) is 4.64. The van der Waals surface area contributed by atoms with Crippen LogP contribution in [0.5, 0.6) is 0 Å². The molecule has 3 aromatic heterocycles. The summed E-state index contributed by atoms with van der Waals surface area (Å²) in [5.74, 6) is 0.920. The SMILES string of the molecule is O=C(Nc1cnccc1-c1ccccc1)c1ccnc(Nc2ccc(Br)cn2)c1. The molecule has 4 rings (SSSR count). The monoisotopic (exact) mass is 445 g/mol. The highest BCUT2D eigenvalue weighted by Gasteiger charge is 2.12. The quantitative estimate of drug-likeness (QED) is 0.435. The van der Waals surface area contributed by atoms with Crippen molar-refractivity contribution in [2.75, 3.05) is 10.6 Å². The number of hydrogen-bond acceptors (Lipinski definition) is 5. The smallest absolute Gasteiger partial charge is 0.255 e. The molecule has 0 bridgehead atoms. The van der Waals surface area contributed by atoms with E-state index in [1.54, 1.807) is 36.9 Å². The maximum atomic E-state index is 12.8. The minimum Gasteiger partial charge on any atom is -0.325 e. The van der Waals surface area contributed by atoms with Crippen molar-refractivity contribution >= 4 is 39.2 Å². The van der Waals surface area contributed by atoms with Crippen LogP contribution in [0.15, 0.2) is 89.9 Å². The number of anilines is 3. The van der Waals surface area contributed by atoms with Crippen LogP contribution in [-0.4, -0.2) is 20.9 Å². The summed E-state index contributed by atoms with van der Waals surface area (Å²) in [6.45, 7) is 0. The van der Waals surface area contributed by atoms with E-state index in [2.05, 4.69) is 41.5 Å². The first-order chi connectivity index (χ1) is 14.2. The molecule has 0 aliphatic carbocycles. The lowest BCUT2D eigenvalue weighted by atomic mass is 10.1. The molecule has 1 amide bonds. The minimum absolute atomic E-state index is 0.246. The molecule has 4 aromatic rings. The Kier molecular flexibility index (Phi) is 5.58. The highest BCUT2D eigenvalue weighted by Crippen LogP contribution is 2.27. The van der Waals surface area contributed by atoms with Crippen molar-refractivity contribution in [3.63, 3.8) is 0 Å². The predicted octanol–water partition coefficient (Wildman–Crippen LogP) is 5.30. The molecule has 0 aliphatic heterocycles. The second-order valence-corrected chi connectivity index (χ2v) is 7.07. The normalized spacial score (nSPS) is 10.4. The van der Waals surface area contributed by atoms with Crippen LogP contribution in [0.2, 0.25) is 0 Å². The number of halogens is 1. The van der Waals surface area contributed by atoms with Crippen LogP contribution in [0.4, 0.5) is 17.3 Å². The Morgan fingerprint density at radius 2 is 1.72 bits per heavy atom. The van der Waals surface area contributed by atoms with Crippen molar-refractivity contribution in [3.8, 4) is 11.1 Å². The molecule has 2 N–H and O–H groups in total. The topological polar surface area (TPSA) is 79.8 Å². The summed E-state index contributed by atoms with van der Waals surface area (Å²) in [4.78, 5) is 25.5. The number of rotatable bonds is 5. The summed E-state index contributed by atoms with van der Waals surface area (Å²) in [5.41, 5.74) is 3.02. The Morgan fingerprint density at radius 1 is 0.862 bits per heavy atom. The van der Waals surface area contributed by atoms with Gasteiger partial charge in [0.15, 0.2) is 0 Å². The van der Waals surface area contributed by atoms with E-state index < -0.39 is 0 Å². The summed E-state index contributed by atoms with van der Waals surface area (Å²) in [6, 6.07) is 18.8. The number of pyridine rings is 3. The van der Waals surface area contributed by atoms with Crippen molar-refractivity contribution in [1.82, 2.24) is 15.0 Å². The summed E-state index contributed by atoms with van der Waals surface area (Å²) in [7, 11) is 0. The van der Waals surface area contributed by atoms with Crippen LogP contribution in [0.3, 0.4) is 0 Å². The van der Waals surface area contributed by atoms with E-state index >= 15 is 0 Å². The van der Waals surface area contributed by atoms with Gasteiger partial charge in [-0.25, -0.2) is 9.97 Å². The van der Waals surface area contributed by atoms with Crippen molar-refractivity contribution in [3.05, 3.63) is 95.5 Å². The van der Waals surface area contributed by atoms with Gasteiger partial charge in [-0.15, -0.1) is 0 Å². The Labute approximate surface area is 176 Å². The van der Waals surface area contributed by atoms with Gasteiger partial charge in [-0.05, 0) is 51.8 Å². The van der Waals surface area contributed by atoms with Crippen LogP contribution in [0.1, 0.15) is 10.4 Å². The number of nitrogens with zero attached hydrogens (tertiary/aromatic N) is 3. The number of hydrogen-bond donors (Lipinski definition) is 2. The van der Waals surface area contributed by atoms with Gasteiger partial charge in [0.2, 0.25) is 0 Å². The van der Waals surface area contributed by atoms with E-state index in [0.717, 1.165) is 15.6 Å². The summed E-state index contributed by atoms with van der Waals surface area (Å²) >= 11 is 3.35. The summed E-state index contributed by atoms with van der Waals surface area (Å²) in [6.07, 6.45) is 6.62.